The lowest BCUT2D eigenvalue weighted by Crippen LogP contribution is -2.27. The van der Waals surface area contributed by atoms with Crippen LogP contribution in [-0.2, 0) is 6.42 Å². The molecule has 0 spiro atoms. The number of hydrogen-bond donors (Lipinski definition) is 1. The number of methoxy groups -OCH3 is 1. The number of hydrogen-bond acceptors (Lipinski definition) is 3. The second-order valence-electron chi connectivity index (χ2n) is 5.56. The smallest absolute Gasteiger partial charge is 0.251 e. The normalized spacial score (nSPS) is 15.8. The maximum Gasteiger partial charge on any atom is 0.251 e. The molecule has 1 aliphatic rings. The number of carbonyl (C=O) groups is 1. The molecular formula is C19H21NO3. The van der Waals surface area contributed by atoms with Crippen LogP contribution in [0.3, 0.4) is 0 Å². The van der Waals surface area contributed by atoms with Crippen LogP contribution in [-0.4, -0.2) is 19.6 Å². The molecule has 1 N–H and O–H groups in total. The van der Waals surface area contributed by atoms with Crippen molar-refractivity contribution >= 4 is 5.91 Å². The van der Waals surface area contributed by atoms with E-state index in [1.54, 1.807) is 25.3 Å². The van der Waals surface area contributed by atoms with Crippen LogP contribution < -0.4 is 14.8 Å². The molecule has 0 saturated heterocycles. The summed E-state index contributed by atoms with van der Waals surface area (Å²) in [4.78, 5) is 12.6. The molecule has 0 saturated carbocycles. The van der Waals surface area contributed by atoms with Crippen LogP contribution in [0.1, 0.15) is 40.9 Å². The largest absolute Gasteiger partial charge is 0.493 e. The van der Waals surface area contributed by atoms with Gasteiger partial charge in [0.1, 0.15) is 0 Å². The molecule has 1 atom stereocenters. The number of rotatable bonds is 5. The third-order valence-corrected chi connectivity index (χ3v) is 4.16. The van der Waals surface area contributed by atoms with Crippen LogP contribution in [0.5, 0.6) is 11.5 Å². The molecule has 120 valence electrons. The molecule has 0 heterocycles. The van der Waals surface area contributed by atoms with E-state index in [9.17, 15) is 4.79 Å². The van der Waals surface area contributed by atoms with Crippen molar-refractivity contribution in [3.8, 4) is 11.5 Å². The zero-order valence-electron chi connectivity index (χ0n) is 13.5. The molecular weight excluding hydrogens is 290 g/mol. The first kappa shape index (κ1) is 15.4. The van der Waals surface area contributed by atoms with Gasteiger partial charge >= 0.3 is 0 Å². The van der Waals surface area contributed by atoms with Gasteiger partial charge in [0.05, 0.1) is 19.8 Å². The zero-order valence-corrected chi connectivity index (χ0v) is 13.5. The fourth-order valence-electron chi connectivity index (χ4n) is 3.03. The van der Waals surface area contributed by atoms with Crippen LogP contribution in [0.25, 0.3) is 0 Å². The summed E-state index contributed by atoms with van der Waals surface area (Å²) in [6.07, 6.45) is 1.95. The first-order valence-electron chi connectivity index (χ1n) is 7.92. The van der Waals surface area contributed by atoms with Gasteiger partial charge in [-0.3, -0.25) is 4.79 Å². The average molecular weight is 311 g/mol. The first-order chi connectivity index (χ1) is 11.2. The quantitative estimate of drug-likeness (QED) is 0.919. The van der Waals surface area contributed by atoms with Crippen molar-refractivity contribution in [2.24, 2.45) is 0 Å². The van der Waals surface area contributed by atoms with Crippen LogP contribution in [0.2, 0.25) is 0 Å². The molecule has 1 unspecified atom stereocenters. The Morgan fingerprint density at radius 2 is 2.04 bits per heavy atom. The van der Waals surface area contributed by atoms with Crippen LogP contribution in [0.4, 0.5) is 0 Å². The summed E-state index contributed by atoms with van der Waals surface area (Å²) in [7, 11) is 1.59. The number of amides is 1. The Morgan fingerprint density at radius 3 is 2.83 bits per heavy atom. The summed E-state index contributed by atoms with van der Waals surface area (Å²) in [5.41, 5.74) is 3.13. The average Bonchev–Trinajstić information content (AvgIpc) is 2.98. The summed E-state index contributed by atoms with van der Waals surface area (Å²) >= 11 is 0. The van der Waals surface area contributed by atoms with E-state index < -0.39 is 0 Å². The van der Waals surface area contributed by atoms with Crippen LogP contribution in [0.15, 0.2) is 42.5 Å². The van der Waals surface area contributed by atoms with Gasteiger partial charge in [0, 0.05) is 5.56 Å². The van der Waals surface area contributed by atoms with E-state index in [4.69, 9.17) is 9.47 Å². The molecule has 0 aliphatic heterocycles. The topological polar surface area (TPSA) is 47.6 Å². The van der Waals surface area contributed by atoms with Gasteiger partial charge in [-0.2, -0.15) is 0 Å². The Hall–Kier alpha value is -2.49. The molecule has 2 aromatic rings. The molecule has 4 nitrogen and oxygen atoms in total. The third kappa shape index (κ3) is 3.16. The maximum absolute atomic E-state index is 12.6. The summed E-state index contributed by atoms with van der Waals surface area (Å²) < 4.78 is 10.8. The molecule has 0 radical (unpaired) electrons. The van der Waals surface area contributed by atoms with Crippen molar-refractivity contribution < 1.29 is 14.3 Å². The molecule has 0 aromatic heterocycles. The zero-order chi connectivity index (χ0) is 16.2. The molecule has 0 bridgehead atoms. The Balaban J connectivity index is 1.78. The Kier molecular flexibility index (Phi) is 4.51. The van der Waals surface area contributed by atoms with Crippen molar-refractivity contribution in [2.75, 3.05) is 13.7 Å². The molecule has 1 aliphatic carbocycles. The summed E-state index contributed by atoms with van der Waals surface area (Å²) in [6, 6.07) is 13.6. The standard InChI is InChI=1S/C19H21NO3/c1-3-23-18-12-14(9-11-17(18)22-2)19(21)20-16-10-8-13-6-4-5-7-15(13)16/h4-7,9,11-12,16H,3,8,10H2,1-2H3,(H,20,21). The Bertz CT molecular complexity index is 712. The van der Waals surface area contributed by atoms with E-state index >= 15 is 0 Å². The number of fused-ring (bicyclic) bond motifs is 1. The molecule has 1 amide bonds. The second kappa shape index (κ2) is 6.73. The molecule has 0 fully saturated rings. The fourth-order valence-corrected chi connectivity index (χ4v) is 3.03. The monoisotopic (exact) mass is 311 g/mol. The lowest BCUT2D eigenvalue weighted by Gasteiger charge is -2.15. The predicted molar refractivity (Wildman–Crippen MR) is 89.1 cm³/mol. The van der Waals surface area contributed by atoms with Crippen LogP contribution >= 0.6 is 0 Å². The van der Waals surface area contributed by atoms with Gasteiger partial charge in [-0.15, -0.1) is 0 Å². The van der Waals surface area contributed by atoms with Gasteiger partial charge in [0.25, 0.3) is 5.91 Å². The van der Waals surface area contributed by atoms with Gasteiger partial charge in [-0.25, -0.2) is 0 Å². The first-order valence-corrected chi connectivity index (χ1v) is 7.92. The second-order valence-corrected chi connectivity index (χ2v) is 5.56. The number of aryl methyl sites for hydroxylation is 1. The van der Waals surface area contributed by atoms with Crippen LogP contribution in [0, 0.1) is 0 Å². The fraction of sp³-hybridized carbons (Fsp3) is 0.316. The molecule has 23 heavy (non-hydrogen) atoms. The Morgan fingerprint density at radius 1 is 1.22 bits per heavy atom. The van der Waals surface area contributed by atoms with Gasteiger partial charge in [0.2, 0.25) is 0 Å². The van der Waals surface area contributed by atoms with Crippen molar-refractivity contribution in [3.05, 3.63) is 59.2 Å². The van der Waals surface area contributed by atoms with E-state index in [0.29, 0.717) is 23.7 Å². The Labute approximate surface area is 136 Å². The van der Waals surface area contributed by atoms with Gasteiger partial charge in [-0.05, 0) is 49.1 Å². The highest BCUT2D eigenvalue weighted by atomic mass is 16.5. The van der Waals surface area contributed by atoms with E-state index in [2.05, 4.69) is 17.4 Å². The number of benzene rings is 2. The van der Waals surface area contributed by atoms with Crippen molar-refractivity contribution in [2.45, 2.75) is 25.8 Å². The molecule has 3 rings (SSSR count). The maximum atomic E-state index is 12.6. The van der Waals surface area contributed by atoms with Gasteiger partial charge in [-0.1, -0.05) is 24.3 Å². The van der Waals surface area contributed by atoms with Crippen molar-refractivity contribution in [1.82, 2.24) is 5.32 Å². The van der Waals surface area contributed by atoms with Crippen molar-refractivity contribution in [1.29, 1.82) is 0 Å². The lowest BCUT2D eigenvalue weighted by atomic mass is 10.1. The van der Waals surface area contributed by atoms with Gasteiger partial charge < -0.3 is 14.8 Å². The van der Waals surface area contributed by atoms with E-state index in [1.807, 2.05) is 19.1 Å². The van der Waals surface area contributed by atoms with Gasteiger partial charge in [0.15, 0.2) is 11.5 Å². The minimum atomic E-state index is -0.0877. The predicted octanol–water partition coefficient (Wildman–Crippen LogP) is 3.51. The summed E-state index contributed by atoms with van der Waals surface area (Å²) in [5, 5.41) is 3.12. The highest BCUT2D eigenvalue weighted by Gasteiger charge is 2.24. The molecule has 4 heteroatoms. The third-order valence-electron chi connectivity index (χ3n) is 4.16. The molecule has 2 aromatic carbocycles. The highest BCUT2D eigenvalue weighted by molar-refractivity contribution is 5.95. The number of nitrogens with one attached hydrogen (secondary N) is 1. The highest BCUT2D eigenvalue weighted by Crippen LogP contribution is 2.32. The van der Waals surface area contributed by atoms with E-state index in [0.717, 1.165) is 12.8 Å². The minimum absolute atomic E-state index is 0.0799. The SMILES string of the molecule is CCOc1cc(C(=O)NC2CCc3ccccc32)ccc1OC. The summed E-state index contributed by atoms with van der Waals surface area (Å²) in [5.74, 6) is 1.14. The minimum Gasteiger partial charge on any atom is -0.493 e. The van der Waals surface area contributed by atoms with E-state index in [1.165, 1.54) is 11.1 Å². The summed E-state index contributed by atoms with van der Waals surface area (Å²) in [6.45, 7) is 2.43. The van der Waals surface area contributed by atoms with E-state index in [-0.39, 0.29) is 11.9 Å². The van der Waals surface area contributed by atoms with Crippen molar-refractivity contribution in [3.63, 3.8) is 0 Å². The number of carbonyl (C=O) groups excluding carboxylic acids is 1. The number of ether oxygens (including phenoxy) is 2. The lowest BCUT2D eigenvalue weighted by molar-refractivity contribution is 0.0936.